The lowest BCUT2D eigenvalue weighted by Gasteiger charge is -2.14. The third-order valence-electron chi connectivity index (χ3n) is 3.09. The maximum absolute atomic E-state index is 11.1. The number of nitrogens with one attached hydrogen (secondary N) is 1. The molecule has 1 aromatic rings. The zero-order valence-corrected chi connectivity index (χ0v) is 12.8. The maximum Gasteiger partial charge on any atom is 0.219 e. The highest BCUT2D eigenvalue weighted by Gasteiger charge is 2.12. The third kappa shape index (κ3) is 5.15. The van der Waals surface area contributed by atoms with E-state index in [9.17, 15) is 9.90 Å². The van der Waals surface area contributed by atoms with Crippen LogP contribution in [-0.2, 0) is 11.4 Å². The molecule has 0 spiro atoms. The van der Waals surface area contributed by atoms with Crippen molar-refractivity contribution in [3.8, 4) is 17.2 Å². The number of hydrogen-bond donors (Lipinski definition) is 2. The summed E-state index contributed by atoms with van der Waals surface area (Å²) in [6.45, 7) is 0.334. The quantitative estimate of drug-likeness (QED) is 0.675. The van der Waals surface area contributed by atoms with E-state index < -0.39 is 0 Å². The van der Waals surface area contributed by atoms with Crippen LogP contribution in [0.4, 0.5) is 0 Å². The number of amides is 1. The van der Waals surface area contributed by atoms with Crippen LogP contribution in [0.25, 0.3) is 0 Å². The number of benzene rings is 1. The molecule has 0 aliphatic rings. The van der Waals surface area contributed by atoms with Crippen LogP contribution in [-0.4, -0.2) is 38.9 Å². The molecule has 2 N–H and O–H groups in total. The van der Waals surface area contributed by atoms with Crippen molar-refractivity contribution in [2.75, 3.05) is 27.9 Å². The fourth-order valence-electron chi connectivity index (χ4n) is 1.90. The lowest BCUT2D eigenvalue weighted by molar-refractivity contribution is -0.120. The molecule has 0 unspecified atom stereocenters. The molecule has 1 amide bonds. The van der Waals surface area contributed by atoms with Crippen molar-refractivity contribution in [2.45, 2.75) is 25.9 Å². The summed E-state index contributed by atoms with van der Waals surface area (Å²) in [6.07, 6.45) is 2.04. The summed E-state index contributed by atoms with van der Waals surface area (Å²) in [5, 5.41) is 11.9. The lowest BCUT2D eigenvalue weighted by Crippen LogP contribution is -2.17. The van der Waals surface area contributed by atoms with Crippen molar-refractivity contribution in [3.05, 3.63) is 17.7 Å². The molecule has 0 radical (unpaired) electrons. The summed E-state index contributed by atoms with van der Waals surface area (Å²) in [6, 6.07) is 3.43. The van der Waals surface area contributed by atoms with Gasteiger partial charge in [-0.2, -0.15) is 0 Å². The topological polar surface area (TPSA) is 77.0 Å². The number of rotatable bonds is 9. The third-order valence-corrected chi connectivity index (χ3v) is 3.09. The first-order valence-corrected chi connectivity index (χ1v) is 6.85. The zero-order valence-electron chi connectivity index (χ0n) is 12.8. The maximum atomic E-state index is 11.1. The predicted octanol–water partition coefficient (Wildman–Crippen LogP) is 1.49. The van der Waals surface area contributed by atoms with Crippen LogP contribution in [0.2, 0.25) is 0 Å². The van der Waals surface area contributed by atoms with E-state index in [-0.39, 0.29) is 12.5 Å². The molecule has 1 aromatic carbocycles. The van der Waals surface area contributed by atoms with Gasteiger partial charge in [-0.05, 0) is 12.8 Å². The lowest BCUT2D eigenvalue weighted by atomic mass is 10.1. The monoisotopic (exact) mass is 297 g/mol. The second-order valence-corrected chi connectivity index (χ2v) is 4.44. The molecule has 0 fully saturated rings. The molecule has 0 aliphatic carbocycles. The van der Waals surface area contributed by atoms with Gasteiger partial charge in [0.1, 0.15) is 17.2 Å². The minimum atomic E-state index is -0.168. The largest absolute Gasteiger partial charge is 0.496 e. The van der Waals surface area contributed by atoms with Crippen LogP contribution in [0.3, 0.4) is 0 Å². The minimum absolute atomic E-state index is 0.0330. The average Bonchev–Trinajstić information content (AvgIpc) is 2.52. The van der Waals surface area contributed by atoms with Crippen LogP contribution in [0, 0.1) is 0 Å². The van der Waals surface area contributed by atoms with Gasteiger partial charge < -0.3 is 24.6 Å². The summed E-state index contributed by atoms with van der Waals surface area (Å²) >= 11 is 0. The number of methoxy groups -OCH3 is 2. The highest BCUT2D eigenvalue weighted by Crippen LogP contribution is 2.34. The number of aliphatic hydroxyl groups excluding tert-OH is 1. The first kappa shape index (κ1) is 17.1. The molecule has 0 heterocycles. The Hall–Kier alpha value is -1.95. The Morgan fingerprint density at radius 3 is 2.29 bits per heavy atom. The van der Waals surface area contributed by atoms with E-state index in [0.717, 1.165) is 12.8 Å². The zero-order chi connectivity index (χ0) is 15.7. The van der Waals surface area contributed by atoms with E-state index in [1.807, 2.05) is 0 Å². The van der Waals surface area contributed by atoms with Gasteiger partial charge in [0.05, 0.1) is 33.0 Å². The van der Waals surface area contributed by atoms with Crippen molar-refractivity contribution in [2.24, 2.45) is 0 Å². The van der Waals surface area contributed by atoms with Gasteiger partial charge in [-0.1, -0.05) is 0 Å². The first-order chi connectivity index (χ1) is 10.2. The highest BCUT2D eigenvalue weighted by atomic mass is 16.5. The smallest absolute Gasteiger partial charge is 0.219 e. The van der Waals surface area contributed by atoms with E-state index in [0.29, 0.717) is 35.8 Å². The predicted molar refractivity (Wildman–Crippen MR) is 78.9 cm³/mol. The van der Waals surface area contributed by atoms with Gasteiger partial charge in [0.2, 0.25) is 5.91 Å². The number of ether oxygens (including phenoxy) is 3. The molecule has 1 rings (SSSR count). The Labute approximate surface area is 125 Å². The standard InChI is InChI=1S/C15H23NO5/c1-16-15(18)6-4-5-7-21-11-8-13(19-2)12(10-17)14(9-11)20-3/h8-9,17H,4-7,10H2,1-3H3,(H,16,18). The molecule has 0 saturated carbocycles. The molecular weight excluding hydrogens is 274 g/mol. The molecule has 0 aromatic heterocycles. The Bertz CT molecular complexity index is 436. The van der Waals surface area contributed by atoms with E-state index in [4.69, 9.17) is 14.2 Å². The van der Waals surface area contributed by atoms with Gasteiger partial charge in [-0.3, -0.25) is 4.79 Å². The molecule has 21 heavy (non-hydrogen) atoms. The highest BCUT2D eigenvalue weighted by molar-refractivity contribution is 5.75. The van der Waals surface area contributed by atoms with Gasteiger partial charge in [-0.15, -0.1) is 0 Å². The van der Waals surface area contributed by atoms with Crippen molar-refractivity contribution in [1.82, 2.24) is 5.32 Å². The van der Waals surface area contributed by atoms with E-state index in [1.165, 1.54) is 14.2 Å². The second-order valence-electron chi connectivity index (χ2n) is 4.44. The molecule has 0 atom stereocenters. The second kappa shape index (κ2) is 9.07. The van der Waals surface area contributed by atoms with Crippen LogP contribution in [0.1, 0.15) is 24.8 Å². The molecule has 0 saturated heterocycles. The fraction of sp³-hybridized carbons (Fsp3) is 0.533. The summed E-state index contributed by atoms with van der Waals surface area (Å²) in [7, 11) is 4.68. The van der Waals surface area contributed by atoms with E-state index in [1.54, 1.807) is 19.2 Å². The molecular formula is C15H23NO5. The molecule has 6 nitrogen and oxygen atoms in total. The number of carbonyl (C=O) groups is 1. The van der Waals surface area contributed by atoms with Gasteiger partial charge in [0.15, 0.2) is 0 Å². The molecule has 6 heteroatoms. The van der Waals surface area contributed by atoms with Gasteiger partial charge in [0, 0.05) is 25.6 Å². The molecule has 118 valence electrons. The normalized spacial score (nSPS) is 10.1. The van der Waals surface area contributed by atoms with E-state index >= 15 is 0 Å². The fourth-order valence-corrected chi connectivity index (χ4v) is 1.90. The summed E-state index contributed by atoms with van der Waals surface area (Å²) in [4.78, 5) is 11.1. The Balaban J connectivity index is 2.57. The van der Waals surface area contributed by atoms with Crippen molar-refractivity contribution in [3.63, 3.8) is 0 Å². The van der Waals surface area contributed by atoms with Gasteiger partial charge in [-0.25, -0.2) is 0 Å². The van der Waals surface area contributed by atoms with Crippen LogP contribution in [0.15, 0.2) is 12.1 Å². The summed E-state index contributed by atoms with van der Waals surface area (Å²) in [5.74, 6) is 1.70. The number of aliphatic hydroxyl groups is 1. The average molecular weight is 297 g/mol. The first-order valence-electron chi connectivity index (χ1n) is 6.85. The van der Waals surface area contributed by atoms with Crippen molar-refractivity contribution < 1.29 is 24.1 Å². The summed E-state index contributed by atoms with van der Waals surface area (Å²) in [5.41, 5.74) is 0.590. The summed E-state index contributed by atoms with van der Waals surface area (Å²) < 4.78 is 16.1. The van der Waals surface area contributed by atoms with Crippen molar-refractivity contribution >= 4 is 5.91 Å². The van der Waals surface area contributed by atoms with Crippen LogP contribution >= 0.6 is 0 Å². The Kier molecular flexibility index (Phi) is 7.39. The van der Waals surface area contributed by atoms with Gasteiger partial charge >= 0.3 is 0 Å². The van der Waals surface area contributed by atoms with Crippen molar-refractivity contribution in [1.29, 1.82) is 0 Å². The molecule has 0 bridgehead atoms. The Morgan fingerprint density at radius 2 is 1.81 bits per heavy atom. The van der Waals surface area contributed by atoms with Gasteiger partial charge in [0.25, 0.3) is 0 Å². The minimum Gasteiger partial charge on any atom is -0.496 e. The Morgan fingerprint density at radius 1 is 1.19 bits per heavy atom. The SMILES string of the molecule is CNC(=O)CCCCOc1cc(OC)c(CO)c(OC)c1. The van der Waals surface area contributed by atoms with Crippen LogP contribution < -0.4 is 19.5 Å². The number of hydrogen-bond acceptors (Lipinski definition) is 5. The number of unbranched alkanes of at least 4 members (excludes halogenated alkanes) is 1. The van der Waals surface area contributed by atoms with E-state index in [2.05, 4.69) is 5.32 Å². The van der Waals surface area contributed by atoms with Crippen LogP contribution in [0.5, 0.6) is 17.2 Å². The molecule has 0 aliphatic heterocycles. The number of carbonyl (C=O) groups excluding carboxylic acids is 1.